The van der Waals surface area contributed by atoms with Gasteiger partial charge < -0.3 is 19.3 Å². The van der Waals surface area contributed by atoms with Gasteiger partial charge in [0, 0.05) is 62.2 Å². The SMILES string of the molecule is CCOC(=O)c1ccc(C[C@@H]2CN(Cc3ccccc3)CCN2C(=O)c2ncn(-c3cccc(N4CCOCC4)c3)c2-c2ccccc2)cc1. The quantitative estimate of drug-likeness (QED) is 0.166. The molecule has 1 aromatic heterocycles. The lowest BCUT2D eigenvalue weighted by Gasteiger charge is -2.41. The molecule has 2 aliphatic rings. The van der Waals surface area contributed by atoms with E-state index in [9.17, 15) is 9.59 Å². The van der Waals surface area contributed by atoms with Gasteiger partial charge >= 0.3 is 5.97 Å². The number of rotatable bonds is 10. The molecule has 50 heavy (non-hydrogen) atoms. The summed E-state index contributed by atoms with van der Waals surface area (Å²) in [5.41, 5.74) is 7.03. The van der Waals surface area contributed by atoms with Crippen LogP contribution < -0.4 is 4.90 Å². The minimum atomic E-state index is -0.331. The molecule has 0 bridgehead atoms. The van der Waals surface area contributed by atoms with Crippen LogP contribution in [0.2, 0.25) is 0 Å². The van der Waals surface area contributed by atoms with Crippen LogP contribution >= 0.6 is 0 Å². The highest BCUT2D eigenvalue weighted by molar-refractivity contribution is 5.99. The van der Waals surface area contributed by atoms with Crippen molar-refractivity contribution < 1.29 is 19.1 Å². The van der Waals surface area contributed by atoms with Crippen molar-refractivity contribution in [3.05, 3.63) is 138 Å². The number of carbonyl (C=O) groups is 2. The van der Waals surface area contributed by atoms with Crippen LogP contribution in [0.1, 0.15) is 38.9 Å². The van der Waals surface area contributed by atoms with Crippen LogP contribution in [0.25, 0.3) is 16.9 Å². The van der Waals surface area contributed by atoms with Crippen molar-refractivity contribution >= 4 is 17.6 Å². The predicted molar refractivity (Wildman–Crippen MR) is 195 cm³/mol. The Morgan fingerprint density at radius 3 is 2.26 bits per heavy atom. The Bertz CT molecular complexity index is 1890. The van der Waals surface area contributed by atoms with Crippen molar-refractivity contribution in [2.75, 3.05) is 57.4 Å². The smallest absolute Gasteiger partial charge is 0.338 e. The third kappa shape index (κ3) is 7.49. The number of piperazine rings is 1. The number of aromatic nitrogens is 2. The Hall–Kier alpha value is -5.25. The lowest BCUT2D eigenvalue weighted by Crippen LogP contribution is -2.55. The van der Waals surface area contributed by atoms with E-state index in [4.69, 9.17) is 14.5 Å². The molecule has 0 spiro atoms. The number of benzene rings is 4. The molecule has 3 heterocycles. The molecule has 0 saturated carbocycles. The van der Waals surface area contributed by atoms with Crippen LogP contribution in [0.15, 0.2) is 116 Å². The first-order valence-electron chi connectivity index (χ1n) is 17.5. The van der Waals surface area contributed by atoms with Gasteiger partial charge in [-0.25, -0.2) is 9.78 Å². The number of carbonyl (C=O) groups excluding carboxylic acids is 2. The highest BCUT2D eigenvalue weighted by atomic mass is 16.5. The van der Waals surface area contributed by atoms with Crippen LogP contribution in [0.5, 0.6) is 0 Å². The molecule has 256 valence electrons. The number of morpholine rings is 1. The molecule has 2 saturated heterocycles. The van der Waals surface area contributed by atoms with E-state index in [2.05, 4.69) is 58.3 Å². The van der Waals surface area contributed by atoms with E-state index in [1.807, 2.05) is 70.1 Å². The molecule has 0 N–H and O–H groups in total. The summed E-state index contributed by atoms with van der Waals surface area (Å²) in [5.74, 6) is -0.415. The molecule has 0 radical (unpaired) electrons. The Labute approximate surface area is 293 Å². The Morgan fingerprint density at radius 1 is 0.800 bits per heavy atom. The van der Waals surface area contributed by atoms with Crippen molar-refractivity contribution in [1.82, 2.24) is 19.4 Å². The van der Waals surface area contributed by atoms with Gasteiger partial charge in [0.1, 0.15) is 6.33 Å². The number of hydrogen-bond acceptors (Lipinski definition) is 7. The van der Waals surface area contributed by atoms with Crippen LogP contribution in [-0.2, 0) is 22.4 Å². The van der Waals surface area contributed by atoms with E-state index in [1.54, 1.807) is 13.3 Å². The Kier molecular flexibility index (Phi) is 10.3. The number of ether oxygens (including phenoxy) is 2. The summed E-state index contributed by atoms with van der Waals surface area (Å²) in [6.45, 7) is 8.07. The average molecular weight is 670 g/mol. The zero-order chi connectivity index (χ0) is 34.3. The fraction of sp³-hybridized carbons (Fsp3) is 0.293. The topological polar surface area (TPSA) is 80.1 Å². The third-order valence-corrected chi connectivity index (χ3v) is 9.51. The summed E-state index contributed by atoms with van der Waals surface area (Å²) in [7, 11) is 0. The molecular weight excluding hydrogens is 626 g/mol. The van der Waals surface area contributed by atoms with Gasteiger partial charge in [-0.2, -0.15) is 0 Å². The second-order valence-electron chi connectivity index (χ2n) is 12.8. The summed E-state index contributed by atoms with van der Waals surface area (Å²) < 4.78 is 12.8. The average Bonchev–Trinajstić information content (AvgIpc) is 3.62. The van der Waals surface area contributed by atoms with E-state index in [0.29, 0.717) is 50.6 Å². The van der Waals surface area contributed by atoms with Gasteiger partial charge in [-0.05, 0) is 54.8 Å². The molecule has 2 aliphatic heterocycles. The fourth-order valence-corrected chi connectivity index (χ4v) is 6.98. The molecular formula is C41H43N5O4. The number of nitrogens with zero attached hydrogens (tertiary/aromatic N) is 5. The molecule has 4 aromatic carbocycles. The summed E-state index contributed by atoms with van der Waals surface area (Å²) in [4.78, 5) is 38.7. The first-order valence-corrected chi connectivity index (χ1v) is 17.5. The number of imidazole rings is 1. The highest BCUT2D eigenvalue weighted by Crippen LogP contribution is 2.31. The fourth-order valence-electron chi connectivity index (χ4n) is 6.98. The number of anilines is 1. The molecule has 0 aliphatic carbocycles. The van der Waals surface area contributed by atoms with Gasteiger partial charge in [-0.3, -0.25) is 14.3 Å². The first kappa shape index (κ1) is 33.3. The zero-order valence-corrected chi connectivity index (χ0v) is 28.5. The van der Waals surface area contributed by atoms with E-state index in [-0.39, 0.29) is 17.9 Å². The molecule has 0 unspecified atom stereocenters. The lowest BCUT2D eigenvalue weighted by atomic mass is 9.99. The minimum absolute atomic E-state index is 0.0839. The van der Waals surface area contributed by atoms with E-state index in [0.717, 1.165) is 54.4 Å². The van der Waals surface area contributed by atoms with Gasteiger partial charge in [-0.1, -0.05) is 78.9 Å². The number of hydrogen-bond donors (Lipinski definition) is 0. The predicted octanol–water partition coefficient (Wildman–Crippen LogP) is 6.12. The lowest BCUT2D eigenvalue weighted by molar-refractivity contribution is 0.0434. The summed E-state index contributed by atoms with van der Waals surface area (Å²) in [6, 6.07) is 36.4. The number of amides is 1. The largest absolute Gasteiger partial charge is 0.462 e. The molecule has 2 fully saturated rings. The minimum Gasteiger partial charge on any atom is -0.462 e. The van der Waals surface area contributed by atoms with E-state index >= 15 is 0 Å². The maximum atomic E-state index is 14.8. The third-order valence-electron chi connectivity index (χ3n) is 9.51. The second kappa shape index (κ2) is 15.5. The van der Waals surface area contributed by atoms with Gasteiger partial charge in [0.2, 0.25) is 0 Å². The van der Waals surface area contributed by atoms with Crippen molar-refractivity contribution in [1.29, 1.82) is 0 Å². The van der Waals surface area contributed by atoms with Crippen LogP contribution in [-0.4, -0.2) is 89.8 Å². The van der Waals surface area contributed by atoms with Crippen molar-refractivity contribution in [3.8, 4) is 16.9 Å². The first-order chi connectivity index (χ1) is 24.6. The van der Waals surface area contributed by atoms with Gasteiger partial charge in [-0.15, -0.1) is 0 Å². The summed E-state index contributed by atoms with van der Waals surface area (Å²) in [6.07, 6.45) is 2.42. The van der Waals surface area contributed by atoms with Crippen LogP contribution in [0.3, 0.4) is 0 Å². The van der Waals surface area contributed by atoms with Gasteiger partial charge in [0.15, 0.2) is 5.69 Å². The monoisotopic (exact) mass is 669 g/mol. The molecule has 1 amide bonds. The van der Waals surface area contributed by atoms with Crippen LogP contribution in [0, 0.1) is 0 Å². The van der Waals surface area contributed by atoms with Gasteiger partial charge in [0.05, 0.1) is 31.1 Å². The molecule has 9 heteroatoms. The zero-order valence-electron chi connectivity index (χ0n) is 28.5. The molecule has 5 aromatic rings. The van der Waals surface area contributed by atoms with Crippen molar-refractivity contribution in [3.63, 3.8) is 0 Å². The van der Waals surface area contributed by atoms with E-state index in [1.165, 1.54) is 5.56 Å². The molecule has 9 nitrogen and oxygen atoms in total. The molecule has 7 rings (SSSR count). The Balaban J connectivity index is 1.21. The summed E-state index contributed by atoms with van der Waals surface area (Å²) in [5, 5.41) is 0. The highest BCUT2D eigenvalue weighted by Gasteiger charge is 2.34. The number of esters is 1. The van der Waals surface area contributed by atoms with Crippen molar-refractivity contribution in [2.24, 2.45) is 0 Å². The Morgan fingerprint density at radius 2 is 1.52 bits per heavy atom. The molecule has 1 atom stereocenters. The normalized spacial score (nSPS) is 16.7. The standard InChI is InChI=1S/C41H43N5O4/c1-2-50-41(48)34-18-16-31(17-19-34)26-37-29-43(28-32-10-5-3-6-11-32)20-21-45(37)40(47)38-39(33-12-7-4-8-13-33)46(30-42-38)36-15-9-14-35(27-36)44-22-24-49-25-23-44/h3-19,27,30,37H,2,20-26,28-29H2,1H3/t37-/m1/s1. The maximum Gasteiger partial charge on any atom is 0.338 e. The second-order valence-corrected chi connectivity index (χ2v) is 12.8. The van der Waals surface area contributed by atoms with Crippen molar-refractivity contribution in [2.45, 2.75) is 25.9 Å². The van der Waals surface area contributed by atoms with Crippen LogP contribution in [0.4, 0.5) is 5.69 Å². The van der Waals surface area contributed by atoms with Gasteiger partial charge in [0.25, 0.3) is 5.91 Å². The van der Waals surface area contributed by atoms with E-state index < -0.39 is 0 Å². The maximum absolute atomic E-state index is 14.8. The summed E-state index contributed by atoms with van der Waals surface area (Å²) >= 11 is 0.